The van der Waals surface area contributed by atoms with Crippen molar-refractivity contribution in [3.05, 3.63) is 97.2 Å². The molecule has 0 bridgehead atoms. The number of nitrogens with one attached hydrogen (secondary N) is 1. The number of hydrogen-bond acceptors (Lipinski definition) is 8. The van der Waals surface area contributed by atoms with Gasteiger partial charge in [0.05, 0.1) is 5.60 Å². The third-order valence-corrected chi connectivity index (χ3v) is 6.86. The fourth-order valence-corrected chi connectivity index (χ4v) is 4.63. The average Bonchev–Trinajstić information content (AvgIpc) is 2.94. The highest BCUT2D eigenvalue weighted by Gasteiger charge is 2.32. The number of hydroxylamine groups is 1. The van der Waals surface area contributed by atoms with Crippen LogP contribution in [0.2, 0.25) is 5.02 Å². The summed E-state index contributed by atoms with van der Waals surface area (Å²) in [4.78, 5) is 53.0. The van der Waals surface area contributed by atoms with Crippen molar-refractivity contribution in [1.29, 1.82) is 0 Å². The number of aromatic nitrogens is 3. The molecule has 4 aromatic rings. The lowest BCUT2D eigenvalue weighted by Crippen LogP contribution is -2.42. The van der Waals surface area contributed by atoms with Crippen LogP contribution in [-0.4, -0.2) is 37.7 Å². The molecular formula is C31H29ClF2IN5O6. The molecule has 242 valence electrons. The van der Waals surface area contributed by atoms with E-state index in [9.17, 15) is 18.8 Å². The molecule has 0 spiro atoms. The molecule has 2 aromatic carbocycles. The van der Waals surface area contributed by atoms with Crippen LogP contribution in [0.1, 0.15) is 51.9 Å². The minimum absolute atomic E-state index is 0.0198. The molecule has 0 radical (unpaired) electrons. The zero-order valence-corrected chi connectivity index (χ0v) is 28.4. The molecule has 15 heteroatoms. The van der Waals surface area contributed by atoms with Crippen molar-refractivity contribution in [3.63, 3.8) is 0 Å². The first-order valence-corrected chi connectivity index (χ1v) is 15.1. The number of ether oxygens (including phenoxy) is 2. The summed E-state index contributed by atoms with van der Waals surface area (Å²) in [6.07, 6.45) is 1.61. The highest BCUT2D eigenvalue weighted by Crippen LogP contribution is 2.36. The van der Waals surface area contributed by atoms with Gasteiger partial charge in [0.1, 0.15) is 28.3 Å². The summed E-state index contributed by atoms with van der Waals surface area (Å²) in [5.74, 6) is -3.00. The summed E-state index contributed by atoms with van der Waals surface area (Å²) in [7, 11) is 0. The van der Waals surface area contributed by atoms with E-state index in [2.05, 4.69) is 15.3 Å². The van der Waals surface area contributed by atoms with Crippen LogP contribution >= 0.6 is 34.2 Å². The Morgan fingerprint density at radius 3 is 2.26 bits per heavy atom. The molecule has 0 saturated carbocycles. The smallest absolute Gasteiger partial charge is 0.440 e. The summed E-state index contributed by atoms with van der Waals surface area (Å²) in [6.45, 7) is 10.1. The largest absolute Gasteiger partial charge is 0.442 e. The number of pyridine rings is 1. The van der Waals surface area contributed by atoms with Gasteiger partial charge >= 0.3 is 6.09 Å². The molecular weight excluding hydrogens is 739 g/mol. The summed E-state index contributed by atoms with van der Waals surface area (Å²) < 4.78 is 41.2. The Kier molecular flexibility index (Phi) is 10.3. The maximum atomic E-state index is 15.2. The van der Waals surface area contributed by atoms with Crippen molar-refractivity contribution in [1.82, 2.24) is 14.5 Å². The number of carbonyl (C=O) groups is 2. The minimum Gasteiger partial charge on any atom is -0.442 e. The van der Waals surface area contributed by atoms with Crippen LogP contribution in [0.3, 0.4) is 0 Å². The van der Waals surface area contributed by atoms with Crippen molar-refractivity contribution in [2.75, 3.05) is 10.4 Å². The van der Waals surface area contributed by atoms with Crippen LogP contribution in [0.15, 0.2) is 65.8 Å². The van der Waals surface area contributed by atoms with E-state index in [-0.39, 0.29) is 33.7 Å². The van der Waals surface area contributed by atoms with Crippen molar-refractivity contribution in [3.8, 4) is 17.3 Å². The number of nitrogens with zero attached hydrogens (tertiary/aromatic N) is 4. The number of carbonyl (C=O) groups excluding carboxylic acids is 2. The summed E-state index contributed by atoms with van der Waals surface area (Å²) >= 11 is 8.35. The molecule has 0 aliphatic rings. The fourth-order valence-electron chi connectivity index (χ4n) is 3.79. The summed E-state index contributed by atoms with van der Waals surface area (Å²) in [5, 5.41) is 3.01. The first-order valence-electron chi connectivity index (χ1n) is 13.6. The Bertz CT molecular complexity index is 1840. The van der Waals surface area contributed by atoms with Gasteiger partial charge in [0, 0.05) is 27.2 Å². The number of rotatable bonds is 7. The lowest BCUT2D eigenvalue weighted by Gasteiger charge is -2.31. The van der Waals surface area contributed by atoms with E-state index in [1.807, 2.05) is 22.6 Å². The third-order valence-electron chi connectivity index (χ3n) is 5.63. The topological polar surface area (TPSA) is 125 Å². The van der Waals surface area contributed by atoms with Crippen LogP contribution in [0.5, 0.6) is 11.6 Å². The van der Waals surface area contributed by atoms with E-state index in [0.717, 1.165) is 17.5 Å². The highest BCUT2D eigenvalue weighted by molar-refractivity contribution is 14.1. The standard InChI is InChI=1S/C31H29ClF2IN5O6/c1-30(2,3)45-29(43)40(46-31(4,5)6)25-24(32)27(37-16-36-25)44-22-12-9-18(15-20(22)34)38-26(41)23-21(35)13-14-39(28(23)42)19-10-7-17(33)8-11-19/h7-16H,1-6H3,(H,38,41). The predicted molar refractivity (Wildman–Crippen MR) is 176 cm³/mol. The summed E-state index contributed by atoms with van der Waals surface area (Å²) in [6, 6.07) is 10.3. The molecule has 0 aliphatic carbocycles. The van der Waals surface area contributed by atoms with E-state index < -0.39 is 40.4 Å². The van der Waals surface area contributed by atoms with Crippen LogP contribution < -0.4 is 20.7 Å². The van der Waals surface area contributed by atoms with Gasteiger partial charge in [-0.1, -0.05) is 11.6 Å². The molecule has 11 nitrogen and oxygen atoms in total. The fraction of sp³-hybridized carbons (Fsp3) is 0.258. The lowest BCUT2D eigenvalue weighted by atomic mass is 10.2. The maximum Gasteiger partial charge on any atom is 0.440 e. The molecule has 4 rings (SSSR count). The molecule has 0 unspecified atom stereocenters. The Hall–Kier alpha value is -4.15. The Morgan fingerprint density at radius 2 is 1.65 bits per heavy atom. The molecule has 0 atom stereocenters. The van der Waals surface area contributed by atoms with Gasteiger partial charge in [-0.25, -0.2) is 18.6 Å². The van der Waals surface area contributed by atoms with Crippen LogP contribution in [0.4, 0.5) is 25.1 Å². The number of hydrogen-bond donors (Lipinski definition) is 1. The second kappa shape index (κ2) is 13.7. The predicted octanol–water partition coefficient (Wildman–Crippen LogP) is 7.68. The highest BCUT2D eigenvalue weighted by atomic mass is 127. The molecule has 46 heavy (non-hydrogen) atoms. The molecule has 2 heterocycles. The molecule has 1 N–H and O–H groups in total. The van der Waals surface area contributed by atoms with Crippen molar-refractivity contribution < 1.29 is 32.7 Å². The lowest BCUT2D eigenvalue weighted by molar-refractivity contribution is -0.0364. The monoisotopic (exact) mass is 767 g/mol. The minimum atomic E-state index is -0.907. The third kappa shape index (κ3) is 8.55. The van der Waals surface area contributed by atoms with E-state index in [1.54, 1.807) is 47.6 Å². The zero-order valence-electron chi connectivity index (χ0n) is 25.5. The number of halogens is 4. The van der Waals surface area contributed by atoms with Gasteiger partial charge in [-0.3, -0.25) is 19.0 Å². The van der Waals surface area contributed by atoms with Crippen molar-refractivity contribution in [2.24, 2.45) is 0 Å². The number of anilines is 2. The molecule has 0 aliphatic heterocycles. The molecule has 0 fully saturated rings. The molecule has 0 saturated heterocycles. The van der Waals surface area contributed by atoms with Crippen molar-refractivity contribution >= 4 is 57.7 Å². The quantitative estimate of drug-likeness (QED) is 0.150. The first kappa shape index (κ1) is 34.7. The second-order valence-electron chi connectivity index (χ2n) is 11.7. The van der Waals surface area contributed by atoms with Gasteiger partial charge < -0.3 is 14.8 Å². The zero-order chi connectivity index (χ0) is 34.0. The van der Waals surface area contributed by atoms with E-state index >= 15 is 4.39 Å². The summed E-state index contributed by atoms with van der Waals surface area (Å²) in [5.41, 5.74) is -2.21. The van der Waals surface area contributed by atoms with Crippen molar-refractivity contribution in [2.45, 2.75) is 52.7 Å². The van der Waals surface area contributed by atoms with Crippen LogP contribution in [0, 0.1) is 15.2 Å². The van der Waals surface area contributed by atoms with Gasteiger partial charge in [0.15, 0.2) is 17.4 Å². The number of amides is 2. The van der Waals surface area contributed by atoms with Gasteiger partial charge in [-0.05, 0) is 107 Å². The number of benzene rings is 2. The van der Waals surface area contributed by atoms with Gasteiger partial charge in [-0.15, -0.1) is 5.06 Å². The van der Waals surface area contributed by atoms with E-state index in [1.165, 1.54) is 47.2 Å². The maximum absolute atomic E-state index is 15.2. The Morgan fingerprint density at radius 1 is 0.978 bits per heavy atom. The van der Waals surface area contributed by atoms with Gasteiger partial charge in [0.2, 0.25) is 5.88 Å². The van der Waals surface area contributed by atoms with Gasteiger partial charge in [0.25, 0.3) is 11.5 Å². The second-order valence-corrected chi connectivity index (χ2v) is 13.2. The normalized spacial score (nSPS) is 11.6. The average molecular weight is 768 g/mol. The molecule has 2 amide bonds. The van der Waals surface area contributed by atoms with Gasteiger partial charge in [-0.2, -0.15) is 4.98 Å². The molecule has 2 aromatic heterocycles. The Balaban J connectivity index is 1.58. The van der Waals surface area contributed by atoms with E-state index in [4.69, 9.17) is 25.9 Å². The van der Waals surface area contributed by atoms with Crippen LogP contribution in [0.25, 0.3) is 5.69 Å². The Labute approximate surface area is 281 Å². The first-order chi connectivity index (χ1) is 21.4. The SMILES string of the molecule is CC(C)(C)OC(=O)N(OC(C)(C)C)c1ncnc(Oc2ccc(NC(=O)c3c(I)ccn(-c4ccc(F)cc4)c3=O)cc2F)c1Cl. The van der Waals surface area contributed by atoms with E-state index in [0.29, 0.717) is 9.26 Å². The van der Waals surface area contributed by atoms with Crippen LogP contribution in [-0.2, 0) is 9.57 Å².